The van der Waals surface area contributed by atoms with Gasteiger partial charge in [-0.2, -0.15) is 0 Å². The van der Waals surface area contributed by atoms with E-state index >= 15 is 0 Å². The summed E-state index contributed by atoms with van der Waals surface area (Å²) in [6.07, 6.45) is 11.6. The predicted molar refractivity (Wildman–Crippen MR) is 136 cm³/mol. The van der Waals surface area contributed by atoms with Crippen LogP contribution in [0.4, 0.5) is 4.79 Å². The van der Waals surface area contributed by atoms with Gasteiger partial charge in [-0.15, -0.1) is 11.3 Å². The summed E-state index contributed by atoms with van der Waals surface area (Å²) in [6.45, 7) is 0.871. The van der Waals surface area contributed by atoms with Gasteiger partial charge in [0.15, 0.2) is 0 Å². The number of thiophene rings is 1. The Hall–Kier alpha value is -2.13. The highest BCUT2D eigenvalue weighted by molar-refractivity contribution is 7.09. The number of hydrogen-bond acceptors (Lipinski definition) is 5. The third-order valence-electron chi connectivity index (χ3n) is 7.89. The maximum Gasteiger partial charge on any atom is 0.407 e. The van der Waals surface area contributed by atoms with Gasteiger partial charge in [0.2, 0.25) is 11.8 Å². The Balaban J connectivity index is 1.48. The van der Waals surface area contributed by atoms with Crippen LogP contribution in [-0.4, -0.2) is 70.6 Å². The number of hydrogen-bond donors (Lipinski definition) is 3. The van der Waals surface area contributed by atoms with Crippen molar-refractivity contribution in [1.82, 2.24) is 20.4 Å². The highest BCUT2D eigenvalue weighted by atomic mass is 32.1. The topological polar surface area (TPSA) is 102 Å². The Morgan fingerprint density at radius 2 is 1.74 bits per heavy atom. The van der Waals surface area contributed by atoms with E-state index in [1.54, 1.807) is 16.2 Å². The van der Waals surface area contributed by atoms with Crippen LogP contribution in [0.15, 0.2) is 17.5 Å². The van der Waals surface area contributed by atoms with Crippen LogP contribution in [0, 0.1) is 5.92 Å². The minimum Gasteiger partial charge on any atom is -0.465 e. The van der Waals surface area contributed by atoms with Gasteiger partial charge in [-0.3, -0.25) is 9.59 Å². The minimum atomic E-state index is -1.05. The third-order valence-corrected chi connectivity index (χ3v) is 8.76. The fourth-order valence-corrected chi connectivity index (χ4v) is 6.54. The molecule has 2 saturated carbocycles. The average molecular weight is 505 g/mol. The van der Waals surface area contributed by atoms with Crippen LogP contribution in [0.2, 0.25) is 0 Å². The fourth-order valence-electron chi connectivity index (χ4n) is 5.90. The van der Waals surface area contributed by atoms with E-state index < -0.39 is 12.1 Å². The summed E-state index contributed by atoms with van der Waals surface area (Å²) < 4.78 is 0. The van der Waals surface area contributed by atoms with Crippen molar-refractivity contribution in [2.45, 2.75) is 95.3 Å². The molecule has 0 aromatic carbocycles. The molecule has 3 fully saturated rings. The van der Waals surface area contributed by atoms with E-state index in [2.05, 4.69) is 10.6 Å². The molecule has 1 aromatic rings. The van der Waals surface area contributed by atoms with Crippen LogP contribution in [-0.2, 0) is 16.1 Å². The molecule has 2 atom stereocenters. The molecule has 0 unspecified atom stereocenters. The van der Waals surface area contributed by atoms with Gasteiger partial charge in [-0.1, -0.05) is 57.4 Å². The first kappa shape index (κ1) is 25.9. The van der Waals surface area contributed by atoms with Crippen molar-refractivity contribution in [3.8, 4) is 0 Å². The first-order chi connectivity index (χ1) is 17.0. The zero-order valence-electron chi connectivity index (χ0n) is 20.6. The van der Waals surface area contributed by atoms with Crippen molar-refractivity contribution in [3.05, 3.63) is 22.4 Å². The lowest BCUT2D eigenvalue weighted by atomic mass is 9.83. The van der Waals surface area contributed by atoms with Crippen LogP contribution >= 0.6 is 11.3 Å². The van der Waals surface area contributed by atoms with Crippen molar-refractivity contribution >= 4 is 29.2 Å². The highest BCUT2D eigenvalue weighted by Gasteiger charge is 2.40. The van der Waals surface area contributed by atoms with E-state index in [0.29, 0.717) is 18.5 Å². The van der Waals surface area contributed by atoms with E-state index in [9.17, 15) is 19.5 Å². The number of carbonyl (C=O) groups is 3. The first-order valence-electron chi connectivity index (χ1n) is 13.4. The highest BCUT2D eigenvalue weighted by Crippen LogP contribution is 2.29. The second-order valence-electron chi connectivity index (χ2n) is 10.4. The van der Waals surface area contributed by atoms with Crippen LogP contribution < -0.4 is 10.6 Å². The Kier molecular flexibility index (Phi) is 9.43. The number of carboxylic acid groups (broad SMARTS) is 1. The second-order valence-corrected chi connectivity index (χ2v) is 11.4. The zero-order chi connectivity index (χ0) is 24.6. The van der Waals surface area contributed by atoms with E-state index in [-0.39, 0.29) is 37.5 Å². The molecule has 4 rings (SSSR count). The van der Waals surface area contributed by atoms with Gasteiger partial charge in [0, 0.05) is 24.0 Å². The molecule has 1 aromatic heterocycles. The van der Waals surface area contributed by atoms with Gasteiger partial charge in [0.25, 0.3) is 0 Å². The van der Waals surface area contributed by atoms with Gasteiger partial charge in [-0.05, 0) is 36.6 Å². The van der Waals surface area contributed by atoms with Gasteiger partial charge < -0.3 is 25.5 Å². The molecule has 2 aliphatic carbocycles. The van der Waals surface area contributed by atoms with Crippen molar-refractivity contribution in [2.75, 3.05) is 19.6 Å². The Morgan fingerprint density at radius 1 is 1.03 bits per heavy atom. The van der Waals surface area contributed by atoms with Crippen molar-refractivity contribution in [3.63, 3.8) is 0 Å². The van der Waals surface area contributed by atoms with E-state index in [1.807, 2.05) is 17.5 Å². The number of amides is 3. The van der Waals surface area contributed by atoms with E-state index in [4.69, 9.17) is 0 Å². The molecule has 2 heterocycles. The number of nitrogens with one attached hydrogen (secondary N) is 2. The first-order valence-corrected chi connectivity index (χ1v) is 14.2. The normalized spacial score (nSPS) is 23.1. The largest absolute Gasteiger partial charge is 0.465 e. The van der Waals surface area contributed by atoms with Crippen LogP contribution in [0.5, 0.6) is 0 Å². The quantitative estimate of drug-likeness (QED) is 0.500. The molecular formula is C26H40N4O4S. The van der Waals surface area contributed by atoms with Crippen molar-refractivity contribution in [2.24, 2.45) is 5.92 Å². The SMILES string of the molecule is O=C(NCc1cccs1)[C@@H]1CN(C(=O)O)CCN1C(=O)[C@H](CC1CCCCC1)NC1CCCCC1. The predicted octanol–water partition coefficient (Wildman–Crippen LogP) is 3.82. The maximum absolute atomic E-state index is 14.0. The molecule has 1 saturated heterocycles. The molecule has 8 nitrogen and oxygen atoms in total. The summed E-state index contributed by atoms with van der Waals surface area (Å²) in [5.74, 6) is 0.203. The molecule has 3 amide bonds. The molecule has 3 aliphatic rings. The summed E-state index contributed by atoms with van der Waals surface area (Å²) in [5, 5.41) is 18.2. The second kappa shape index (κ2) is 12.7. The van der Waals surface area contributed by atoms with Gasteiger partial charge >= 0.3 is 6.09 Å². The molecule has 35 heavy (non-hydrogen) atoms. The molecule has 1 aliphatic heterocycles. The van der Waals surface area contributed by atoms with Crippen LogP contribution in [0.25, 0.3) is 0 Å². The summed E-state index contributed by atoms with van der Waals surface area (Å²) in [6, 6.07) is 3.10. The molecule has 0 bridgehead atoms. The number of rotatable bonds is 8. The number of piperazine rings is 1. The summed E-state index contributed by atoms with van der Waals surface area (Å²) in [7, 11) is 0. The minimum absolute atomic E-state index is 0.0108. The Morgan fingerprint density at radius 3 is 2.40 bits per heavy atom. The average Bonchev–Trinajstić information content (AvgIpc) is 3.41. The van der Waals surface area contributed by atoms with Crippen molar-refractivity contribution < 1.29 is 19.5 Å². The zero-order valence-corrected chi connectivity index (χ0v) is 21.4. The fraction of sp³-hybridized carbons (Fsp3) is 0.731. The molecule has 0 spiro atoms. The maximum atomic E-state index is 14.0. The van der Waals surface area contributed by atoms with Crippen LogP contribution in [0.1, 0.15) is 75.5 Å². The standard InChI is InChI=1S/C26H40N4O4S/c31-24(27-17-21-12-7-15-35-21)23-18-29(26(33)34)13-14-30(23)25(32)22(16-19-8-3-1-4-9-19)28-20-10-5-2-6-11-20/h7,12,15,19-20,22-23,28H,1-6,8-11,13-14,16-18H2,(H,27,31)(H,33,34)/t22-,23-/m0/s1. The lowest BCUT2D eigenvalue weighted by molar-refractivity contribution is -0.145. The molecule has 0 radical (unpaired) electrons. The number of carbonyl (C=O) groups excluding carboxylic acids is 2. The van der Waals surface area contributed by atoms with Gasteiger partial charge in [0.05, 0.1) is 19.1 Å². The Bertz CT molecular complexity index is 816. The molecular weight excluding hydrogens is 464 g/mol. The van der Waals surface area contributed by atoms with Gasteiger partial charge in [-0.25, -0.2) is 4.79 Å². The summed E-state index contributed by atoms with van der Waals surface area (Å²) in [4.78, 5) is 42.8. The summed E-state index contributed by atoms with van der Waals surface area (Å²) >= 11 is 1.56. The molecule has 3 N–H and O–H groups in total. The lowest BCUT2D eigenvalue weighted by Gasteiger charge is -2.42. The monoisotopic (exact) mass is 504 g/mol. The molecule has 9 heteroatoms. The van der Waals surface area contributed by atoms with E-state index in [1.165, 1.54) is 43.4 Å². The Labute approximate surface area is 212 Å². The smallest absolute Gasteiger partial charge is 0.407 e. The van der Waals surface area contributed by atoms with Crippen LogP contribution in [0.3, 0.4) is 0 Å². The van der Waals surface area contributed by atoms with Gasteiger partial charge in [0.1, 0.15) is 6.04 Å². The third kappa shape index (κ3) is 7.19. The summed E-state index contributed by atoms with van der Waals surface area (Å²) in [5.41, 5.74) is 0. The van der Waals surface area contributed by atoms with E-state index in [0.717, 1.165) is 37.0 Å². The van der Waals surface area contributed by atoms with Crippen molar-refractivity contribution in [1.29, 1.82) is 0 Å². The lowest BCUT2D eigenvalue weighted by Crippen LogP contribution is -2.64. The number of nitrogens with zero attached hydrogens (tertiary/aromatic N) is 2. The molecule has 194 valence electrons.